The van der Waals surface area contributed by atoms with Crippen LogP contribution in [0.15, 0.2) is 24.3 Å². The van der Waals surface area contributed by atoms with Crippen LogP contribution in [0.25, 0.3) is 0 Å². The standard InChI is InChI=1S/C15H17N3O4/c1-10(2)18-13(19)8-17-14(20)9-22-15(21)12-5-3-11(7-16)4-6-12/h3-6,10H,8-9H2,1-2H3,(H,17,20)(H,18,19). The molecule has 116 valence electrons. The molecule has 0 atom stereocenters. The maximum Gasteiger partial charge on any atom is 0.338 e. The number of hydrogen-bond donors (Lipinski definition) is 2. The van der Waals surface area contributed by atoms with Gasteiger partial charge in [0.2, 0.25) is 5.91 Å². The smallest absolute Gasteiger partial charge is 0.338 e. The Morgan fingerprint density at radius 3 is 2.36 bits per heavy atom. The van der Waals surface area contributed by atoms with Crippen LogP contribution in [0.5, 0.6) is 0 Å². The minimum atomic E-state index is -0.675. The van der Waals surface area contributed by atoms with Gasteiger partial charge in [-0.1, -0.05) is 0 Å². The maximum atomic E-state index is 11.7. The number of carbonyl (C=O) groups excluding carboxylic acids is 3. The first kappa shape index (κ1) is 17.2. The molecular weight excluding hydrogens is 286 g/mol. The first-order chi connectivity index (χ1) is 10.4. The van der Waals surface area contributed by atoms with Gasteiger partial charge < -0.3 is 15.4 Å². The van der Waals surface area contributed by atoms with E-state index in [-0.39, 0.29) is 24.1 Å². The largest absolute Gasteiger partial charge is 0.452 e. The number of ether oxygens (including phenoxy) is 1. The van der Waals surface area contributed by atoms with Crippen LogP contribution in [0.2, 0.25) is 0 Å². The Labute approximate surface area is 128 Å². The second kappa shape index (κ2) is 8.42. The third-order valence-corrected chi connectivity index (χ3v) is 2.48. The molecule has 1 aromatic rings. The number of hydrogen-bond acceptors (Lipinski definition) is 5. The van der Waals surface area contributed by atoms with E-state index in [1.807, 2.05) is 6.07 Å². The molecule has 0 saturated carbocycles. The quantitative estimate of drug-likeness (QED) is 0.737. The molecule has 2 amide bonds. The molecular formula is C15H17N3O4. The lowest BCUT2D eigenvalue weighted by Gasteiger charge is -2.09. The zero-order chi connectivity index (χ0) is 16.5. The number of rotatable bonds is 6. The average molecular weight is 303 g/mol. The van der Waals surface area contributed by atoms with Crippen molar-refractivity contribution in [3.63, 3.8) is 0 Å². The highest BCUT2D eigenvalue weighted by molar-refractivity contribution is 5.92. The highest BCUT2D eigenvalue weighted by Gasteiger charge is 2.11. The van der Waals surface area contributed by atoms with E-state index in [0.717, 1.165) is 0 Å². The summed E-state index contributed by atoms with van der Waals surface area (Å²) in [7, 11) is 0. The fourth-order valence-corrected chi connectivity index (χ4v) is 1.50. The van der Waals surface area contributed by atoms with Gasteiger partial charge in [-0.05, 0) is 38.1 Å². The summed E-state index contributed by atoms with van der Waals surface area (Å²) >= 11 is 0. The van der Waals surface area contributed by atoms with E-state index in [9.17, 15) is 14.4 Å². The van der Waals surface area contributed by atoms with E-state index in [1.54, 1.807) is 13.8 Å². The van der Waals surface area contributed by atoms with Crippen molar-refractivity contribution in [2.75, 3.05) is 13.2 Å². The predicted molar refractivity (Wildman–Crippen MR) is 77.7 cm³/mol. The molecule has 0 aliphatic heterocycles. The van der Waals surface area contributed by atoms with Crippen molar-refractivity contribution < 1.29 is 19.1 Å². The minimum absolute atomic E-state index is 0.0152. The van der Waals surface area contributed by atoms with E-state index >= 15 is 0 Å². The summed E-state index contributed by atoms with van der Waals surface area (Å²) in [6.45, 7) is 2.96. The highest BCUT2D eigenvalue weighted by atomic mass is 16.5. The van der Waals surface area contributed by atoms with Crippen molar-refractivity contribution in [1.82, 2.24) is 10.6 Å². The molecule has 1 rings (SSSR count). The molecule has 0 unspecified atom stereocenters. The van der Waals surface area contributed by atoms with Gasteiger partial charge in [-0.15, -0.1) is 0 Å². The normalized spacial score (nSPS) is 9.73. The summed E-state index contributed by atoms with van der Waals surface area (Å²) in [5, 5.41) is 13.6. The minimum Gasteiger partial charge on any atom is -0.452 e. The van der Waals surface area contributed by atoms with E-state index in [4.69, 9.17) is 10.00 Å². The molecule has 22 heavy (non-hydrogen) atoms. The molecule has 2 N–H and O–H groups in total. The monoisotopic (exact) mass is 303 g/mol. The van der Waals surface area contributed by atoms with Gasteiger partial charge in [0.25, 0.3) is 5.91 Å². The topological polar surface area (TPSA) is 108 Å². The lowest BCUT2D eigenvalue weighted by Crippen LogP contribution is -2.41. The average Bonchev–Trinajstić information content (AvgIpc) is 2.50. The predicted octanol–water partition coefficient (Wildman–Crippen LogP) is 0.356. The van der Waals surface area contributed by atoms with Crippen LogP contribution < -0.4 is 10.6 Å². The van der Waals surface area contributed by atoms with Crippen LogP contribution in [0, 0.1) is 11.3 Å². The summed E-state index contributed by atoms with van der Waals surface area (Å²) in [6.07, 6.45) is 0. The Balaban J connectivity index is 2.35. The van der Waals surface area contributed by atoms with Gasteiger partial charge in [0, 0.05) is 6.04 Å². The van der Waals surface area contributed by atoms with Gasteiger partial charge in [-0.2, -0.15) is 5.26 Å². The van der Waals surface area contributed by atoms with E-state index in [1.165, 1.54) is 24.3 Å². The zero-order valence-corrected chi connectivity index (χ0v) is 12.4. The molecule has 0 radical (unpaired) electrons. The van der Waals surface area contributed by atoms with Crippen molar-refractivity contribution >= 4 is 17.8 Å². The molecule has 0 aliphatic rings. The molecule has 7 heteroatoms. The summed E-state index contributed by atoms with van der Waals surface area (Å²) < 4.78 is 4.81. The van der Waals surface area contributed by atoms with Gasteiger partial charge in [0.05, 0.1) is 23.7 Å². The Bertz CT molecular complexity index is 588. The van der Waals surface area contributed by atoms with Crippen LogP contribution >= 0.6 is 0 Å². The summed E-state index contributed by atoms with van der Waals surface area (Å²) in [4.78, 5) is 34.4. The summed E-state index contributed by atoms with van der Waals surface area (Å²) in [5.41, 5.74) is 0.662. The van der Waals surface area contributed by atoms with Crippen molar-refractivity contribution in [3.8, 4) is 6.07 Å². The van der Waals surface area contributed by atoms with E-state index in [0.29, 0.717) is 5.56 Å². The molecule has 7 nitrogen and oxygen atoms in total. The zero-order valence-electron chi connectivity index (χ0n) is 12.4. The third-order valence-electron chi connectivity index (χ3n) is 2.48. The fraction of sp³-hybridized carbons (Fsp3) is 0.333. The van der Waals surface area contributed by atoms with Crippen LogP contribution in [-0.4, -0.2) is 37.0 Å². The van der Waals surface area contributed by atoms with Gasteiger partial charge in [-0.25, -0.2) is 4.79 Å². The van der Waals surface area contributed by atoms with Crippen molar-refractivity contribution in [2.45, 2.75) is 19.9 Å². The van der Waals surface area contributed by atoms with Crippen LogP contribution in [-0.2, 0) is 14.3 Å². The molecule has 0 bridgehead atoms. The number of nitrogens with one attached hydrogen (secondary N) is 2. The maximum absolute atomic E-state index is 11.7. The third kappa shape index (κ3) is 6.05. The molecule has 0 heterocycles. The van der Waals surface area contributed by atoms with Gasteiger partial charge >= 0.3 is 5.97 Å². The van der Waals surface area contributed by atoms with Crippen LogP contribution in [0.1, 0.15) is 29.8 Å². The van der Waals surface area contributed by atoms with Crippen molar-refractivity contribution in [3.05, 3.63) is 35.4 Å². The molecule has 0 aliphatic carbocycles. The van der Waals surface area contributed by atoms with Crippen molar-refractivity contribution in [1.29, 1.82) is 5.26 Å². The first-order valence-electron chi connectivity index (χ1n) is 6.65. The number of nitrogens with zero attached hydrogens (tertiary/aromatic N) is 1. The lowest BCUT2D eigenvalue weighted by molar-refractivity contribution is -0.128. The Morgan fingerprint density at radius 1 is 1.18 bits per heavy atom. The lowest BCUT2D eigenvalue weighted by atomic mass is 10.1. The van der Waals surface area contributed by atoms with E-state index < -0.39 is 18.5 Å². The number of esters is 1. The molecule has 0 saturated heterocycles. The first-order valence-corrected chi connectivity index (χ1v) is 6.65. The Kier molecular flexibility index (Phi) is 6.57. The van der Waals surface area contributed by atoms with Crippen LogP contribution in [0.4, 0.5) is 0 Å². The van der Waals surface area contributed by atoms with Gasteiger partial charge in [-0.3, -0.25) is 9.59 Å². The summed E-state index contributed by atoms with van der Waals surface area (Å²) in [6, 6.07) is 7.75. The Morgan fingerprint density at radius 2 is 1.82 bits per heavy atom. The van der Waals surface area contributed by atoms with Gasteiger partial charge in [0.15, 0.2) is 6.61 Å². The second-order valence-corrected chi connectivity index (χ2v) is 4.76. The van der Waals surface area contributed by atoms with Gasteiger partial charge in [0.1, 0.15) is 0 Å². The fourth-order valence-electron chi connectivity index (χ4n) is 1.50. The number of carbonyl (C=O) groups is 3. The highest BCUT2D eigenvalue weighted by Crippen LogP contribution is 2.04. The molecule has 0 aromatic heterocycles. The second-order valence-electron chi connectivity index (χ2n) is 4.76. The van der Waals surface area contributed by atoms with Crippen molar-refractivity contribution in [2.24, 2.45) is 0 Å². The molecule has 0 spiro atoms. The van der Waals surface area contributed by atoms with E-state index in [2.05, 4.69) is 10.6 Å². The number of nitriles is 1. The molecule has 1 aromatic carbocycles. The number of benzene rings is 1. The molecule has 0 fully saturated rings. The summed E-state index contributed by atoms with van der Waals surface area (Å²) in [5.74, 6) is -1.56. The van der Waals surface area contributed by atoms with Crippen LogP contribution in [0.3, 0.4) is 0 Å². The number of amides is 2. The Hall–Kier alpha value is -2.88. The SMILES string of the molecule is CC(C)NC(=O)CNC(=O)COC(=O)c1ccc(C#N)cc1.